The van der Waals surface area contributed by atoms with Gasteiger partial charge >= 0.3 is 12.1 Å². The molecule has 1 unspecified atom stereocenters. The topological polar surface area (TPSA) is 102 Å². The normalized spacial score (nSPS) is 21.0. The summed E-state index contributed by atoms with van der Waals surface area (Å²) in [5.41, 5.74) is 0. The van der Waals surface area contributed by atoms with Gasteiger partial charge in [-0.25, -0.2) is 4.79 Å². The van der Waals surface area contributed by atoms with E-state index in [0.29, 0.717) is 31.1 Å². The Bertz CT molecular complexity index is 597. The maximum atomic E-state index is 12.3. The summed E-state index contributed by atoms with van der Waals surface area (Å²) in [7, 11) is 3.82. The van der Waals surface area contributed by atoms with E-state index in [0.717, 1.165) is 19.3 Å². The van der Waals surface area contributed by atoms with Crippen LogP contribution in [0.2, 0.25) is 0 Å². The number of nitrogens with zero attached hydrogens (tertiary/aromatic N) is 1. The smallest absolute Gasteiger partial charge is 0.416 e. The van der Waals surface area contributed by atoms with Crippen molar-refractivity contribution in [1.82, 2.24) is 10.2 Å². The van der Waals surface area contributed by atoms with E-state index in [2.05, 4.69) is 5.32 Å². The third kappa shape index (κ3) is 8.08. The summed E-state index contributed by atoms with van der Waals surface area (Å²) in [5, 5.41) is 2.81. The molecule has 3 atom stereocenters. The summed E-state index contributed by atoms with van der Waals surface area (Å²) in [6.45, 7) is 3.71. The van der Waals surface area contributed by atoms with Crippen molar-refractivity contribution in [3.05, 3.63) is 0 Å². The van der Waals surface area contributed by atoms with Gasteiger partial charge in [0.25, 0.3) is 5.91 Å². The highest BCUT2D eigenvalue weighted by Crippen LogP contribution is 2.39. The molecule has 0 aromatic carbocycles. The average molecular weight is 447 g/mol. The quantitative estimate of drug-likeness (QED) is 0.236. The Morgan fingerprint density at radius 3 is 2.69 bits per heavy atom. The second kappa shape index (κ2) is 12.3. The predicted octanol–water partition coefficient (Wildman–Crippen LogP) is 3.24. The van der Waals surface area contributed by atoms with Crippen molar-refractivity contribution in [2.45, 2.75) is 82.8 Å². The first-order valence-electron chi connectivity index (χ1n) is 10.2. The van der Waals surface area contributed by atoms with Crippen molar-refractivity contribution in [2.24, 2.45) is 0 Å². The van der Waals surface area contributed by atoms with E-state index in [-0.39, 0.29) is 12.3 Å². The second-order valence-corrected chi connectivity index (χ2v) is 9.93. The lowest BCUT2D eigenvalue weighted by Crippen LogP contribution is -2.49. The Morgan fingerprint density at radius 2 is 2.07 bits per heavy atom. The van der Waals surface area contributed by atoms with Gasteiger partial charge in [0.15, 0.2) is 0 Å². The molecule has 29 heavy (non-hydrogen) atoms. The van der Waals surface area contributed by atoms with Crippen molar-refractivity contribution in [3.8, 4) is 0 Å². The summed E-state index contributed by atoms with van der Waals surface area (Å²) in [4.78, 5) is 49.4. The number of likely N-dealkylation sites (tertiary alicyclic amines) is 1. The number of carbonyl (C=O) groups is 4. The monoisotopic (exact) mass is 446 g/mol. The molecule has 2 fully saturated rings. The number of rotatable bonds is 10. The fourth-order valence-electron chi connectivity index (χ4n) is 3.38. The van der Waals surface area contributed by atoms with Crippen LogP contribution in [0.4, 0.5) is 4.79 Å². The molecule has 0 saturated carbocycles. The van der Waals surface area contributed by atoms with E-state index in [9.17, 15) is 19.2 Å². The predicted molar refractivity (Wildman–Crippen MR) is 112 cm³/mol. The molecule has 0 aromatic heterocycles. The standard InChI is InChI=1S/C19H30N2O6S2/c1-3-15(21-11-6-8-16(21)22)18(24)20-19(25)27-13(2)26-17(23)9-5-4-7-14-10-12-28-29-14/h13-15H,3-12H2,1-2H3,(H,20,24,25)/t13?,14-,15+/m1/s1. The third-order valence-electron chi connectivity index (χ3n) is 4.86. The van der Waals surface area contributed by atoms with Crippen molar-refractivity contribution >= 4 is 45.5 Å². The molecule has 2 aliphatic rings. The van der Waals surface area contributed by atoms with E-state index >= 15 is 0 Å². The first-order chi connectivity index (χ1) is 13.9. The summed E-state index contributed by atoms with van der Waals surface area (Å²) in [6, 6.07) is -0.702. The van der Waals surface area contributed by atoms with E-state index in [1.54, 1.807) is 6.92 Å². The zero-order valence-corrected chi connectivity index (χ0v) is 18.6. The molecule has 0 aromatic rings. The number of unbranched alkanes of at least 4 members (excludes halogenated alkanes) is 1. The van der Waals surface area contributed by atoms with E-state index < -0.39 is 30.3 Å². The van der Waals surface area contributed by atoms with Crippen LogP contribution in [0, 0.1) is 0 Å². The molecular weight excluding hydrogens is 416 g/mol. The Kier molecular flexibility index (Phi) is 10.1. The maximum absolute atomic E-state index is 12.3. The molecular formula is C19H30N2O6S2. The molecule has 1 N–H and O–H groups in total. The molecule has 0 aliphatic carbocycles. The number of esters is 1. The van der Waals surface area contributed by atoms with Gasteiger partial charge in [0, 0.05) is 37.3 Å². The number of imide groups is 1. The van der Waals surface area contributed by atoms with Gasteiger partial charge in [-0.2, -0.15) is 0 Å². The SMILES string of the molecule is CC[C@@H](C(=O)NC(=O)OC(C)OC(=O)CCCC[C@@H]1CCSS1)N1CCCC1=O. The van der Waals surface area contributed by atoms with Crippen LogP contribution in [0.25, 0.3) is 0 Å². The zero-order chi connectivity index (χ0) is 21.2. The Balaban J connectivity index is 1.63. The van der Waals surface area contributed by atoms with Gasteiger partial charge in [0.2, 0.25) is 12.2 Å². The first-order valence-corrected chi connectivity index (χ1v) is 12.6. The lowest BCUT2D eigenvalue weighted by Gasteiger charge is -2.25. The van der Waals surface area contributed by atoms with Gasteiger partial charge in [-0.1, -0.05) is 34.9 Å². The van der Waals surface area contributed by atoms with E-state index in [4.69, 9.17) is 9.47 Å². The van der Waals surface area contributed by atoms with Crippen LogP contribution in [-0.4, -0.2) is 58.7 Å². The van der Waals surface area contributed by atoms with Gasteiger partial charge in [-0.3, -0.25) is 19.7 Å². The second-order valence-electron chi connectivity index (χ2n) is 7.14. The molecule has 164 valence electrons. The van der Waals surface area contributed by atoms with Crippen molar-refractivity contribution < 1.29 is 28.7 Å². The zero-order valence-electron chi connectivity index (χ0n) is 17.0. The van der Waals surface area contributed by atoms with Crippen LogP contribution < -0.4 is 5.32 Å². The number of hydrogen-bond donors (Lipinski definition) is 1. The number of amides is 3. The lowest BCUT2D eigenvalue weighted by molar-refractivity contribution is -0.165. The molecule has 2 rings (SSSR count). The maximum Gasteiger partial charge on any atom is 0.416 e. The largest absolute Gasteiger partial charge is 0.425 e. The number of alkyl carbamates (subject to hydrolysis) is 1. The highest BCUT2D eigenvalue weighted by molar-refractivity contribution is 8.77. The van der Waals surface area contributed by atoms with Crippen LogP contribution in [0.3, 0.4) is 0 Å². The van der Waals surface area contributed by atoms with Gasteiger partial charge in [-0.15, -0.1) is 0 Å². The summed E-state index contributed by atoms with van der Waals surface area (Å²) in [5.74, 6) is 0.0887. The van der Waals surface area contributed by atoms with E-state index in [1.165, 1.54) is 24.0 Å². The minimum absolute atomic E-state index is 0.0899. The number of ether oxygens (including phenoxy) is 2. The van der Waals surface area contributed by atoms with Gasteiger partial charge in [0.05, 0.1) is 0 Å². The van der Waals surface area contributed by atoms with Gasteiger partial charge in [0.1, 0.15) is 6.04 Å². The van der Waals surface area contributed by atoms with Crippen LogP contribution in [0.5, 0.6) is 0 Å². The molecule has 2 saturated heterocycles. The first kappa shape index (κ1) is 23.9. The molecule has 0 radical (unpaired) electrons. The highest BCUT2D eigenvalue weighted by atomic mass is 33.1. The molecule has 0 bridgehead atoms. The Hall–Kier alpha value is -1.42. The van der Waals surface area contributed by atoms with Crippen molar-refractivity contribution in [3.63, 3.8) is 0 Å². The van der Waals surface area contributed by atoms with Crippen LogP contribution >= 0.6 is 21.6 Å². The summed E-state index contributed by atoms with van der Waals surface area (Å²) >= 11 is 0. The Labute approximate surface area is 179 Å². The minimum Gasteiger partial charge on any atom is -0.425 e. The fourth-order valence-corrected chi connectivity index (χ4v) is 6.41. The third-order valence-corrected chi connectivity index (χ3v) is 7.86. The number of hydrogen-bond acceptors (Lipinski definition) is 8. The van der Waals surface area contributed by atoms with Gasteiger partial charge in [-0.05, 0) is 32.1 Å². The van der Waals surface area contributed by atoms with Gasteiger partial charge < -0.3 is 14.4 Å². The van der Waals surface area contributed by atoms with Crippen molar-refractivity contribution in [2.75, 3.05) is 12.3 Å². The van der Waals surface area contributed by atoms with E-state index in [1.807, 2.05) is 21.6 Å². The fraction of sp³-hybridized carbons (Fsp3) is 0.789. The molecule has 0 spiro atoms. The van der Waals surface area contributed by atoms with Crippen LogP contribution in [0.15, 0.2) is 0 Å². The Morgan fingerprint density at radius 1 is 1.28 bits per heavy atom. The molecule has 10 heteroatoms. The van der Waals surface area contributed by atoms with Crippen LogP contribution in [0.1, 0.15) is 65.2 Å². The highest BCUT2D eigenvalue weighted by Gasteiger charge is 2.32. The molecule has 2 aliphatic heterocycles. The lowest BCUT2D eigenvalue weighted by atomic mass is 10.1. The summed E-state index contributed by atoms with van der Waals surface area (Å²) < 4.78 is 10.0. The molecule has 3 amide bonds. The number of carbonyl (C=O) groups excluding carboxylic acids is 4. The van der Waals surface area contributed by atoms with Crippen LogP contribution in [-0.2, 0) is 23.9 Å². The number of nitrogens with one attached hydrogen (secondary N) is 1. The van der Waals surface area contributed by atoms with Crippen molar-refractivity contribution in [1.29, 1.82) is 0 Å². The minimum atomic E-state index is -1.09. The molecule has 2 heterocycles. The summed E-state index contributed by atoms with van der Waals surface area (Å²) in [6.07, 6.45) is 3.73. The molecule has 8 nitrogen and oxygen atoms in total. The average Bonchev–Trinajstić information content (AvgIpc) is 3.31.